The molecule has 0 amide bonds. The average Bonchev–Trinajstić information content (AvgIpc) is 2.38. The lowest BCUT2D eigenvalue weighted by molar-refractivity contribution is -0.384. The van der Waals surface area contributed by atoms with Gasteiger partial charge < -0.3 is 10.7 Å². The largest absolute Gasteiger partial charge is 0.323 e. The van der Waals surface area contributed by atoms with Crippen molar-refractivity contribution in [3.05, 3.63) is 50.4 Å². The van der Waals surface area contributed by atoms with Crippen LogP contribution in [0.2, 0.25) is 0 Å². The molecule has 0 aliphatic rings. The fourth-order valence-corrected chi connectivity index (χ4v) is 1.51. The molecule has 1 aromatic heterocycles. The molecule has 1 heterocycles. The molecule has 0 aliphatic heterocycles. The van der Waals surface area contributed by atoms with Crippen molar-refractivity contribution in [2.45, 2.75) is 13.0 Å². The van der Waals surface area contributed by atoms with E-state index in [9.17, 15) is 14.9 Å². The molecule has 0 aliphatic carbocycles. The van der Waals surface area contributed by atoms with Crippen molar-refractivity contribution >= 4 is 5.69 Å². The van der Waals surface area contributed by atoms with E-state index in [0.29, 0.717) is 5.56 Å². The van der Waals surface area contributed by atoms with E-state index in [1.54, 1.807) is 6.92 Å². The van der Waals surface area contributed by atoms with Gasteiger partial charge in [0.2, 0.25) is 0 Å². The molecule has 0 bridgehead atoms. The second kappa shape index (κ2) is 4.94. The van der Waals surface area contributed by atoms with Gasteiger partial charge in [0.15, 0.2) is 5.82 Å². The molecule has 0 saturated carbocycles. The van der Waals surface area contributed by atoms with Crippen LogP contribution in [0.5, 0.6) is 0 Å². The van der Waals surface area contributed by atoms with Crippen molar-refractivity contribution in [3.63, 3.8) is 0 Å². The maximum absolute atomic E-state index is 11.7. The van der Waals surface area contributed by atoms with Gasteiger partial charge >= 0.3 is 0 Å². The van der Waals surface area contributed by atoms with Crippen LogP contribution >= 0.6 is 0 Å². The molecule has 3 N–H and O–H groups in total. The molecular formula is C11H11N5O3. The molecule has 98 valence electrons. The summed E-state index contributed by atoms with van der Waals surface area (Å²) >= 11 is 0. The molecule has 0 spiro atoms. The topological polar surface area (TPSA) is 128 Å². The molecule has 8 heteroatoms. The Bertz CT molecular complexity index is 663. The molecule has 1 unspecified atom stereocenters. The molecule has 1 aromatic carbocycles. The van der Waals surface area contributed by atoms with Crippen LogP contribution < -0.4 is 11.3 Å². The number of non-ortho nitro benzene ring substituents is 1. The number of hydrogen-bond acceptors (Lipinski definition) is 6. The first-order chi connectivity index (χ1) is 8.99. The van der Waals surface area contributed by atoms with E-state index in [1.165, 1.54) is 24.3 Å². The van der Waals surface area contributed by atoms with E-state index in [0.717, 1.165) is 0 Å². The van der Waals surface area contributed by atoms with Crippen molar-refractivity contribution in [2.75, 3.05) is 0 Å². The summed E-state index contributed by atoms with van der Waals surface area (Å²) in [4.78, 5) is 24.3. The zero-order valence-electron chi connectivity index (χ0n) is 10.0. The van der Waals surface area contributed by atoms with Crippen LogP contribution in [0, 0.1) is 10.1 Å². The lowest BCUT2D eigenvalue weighted by atomic mass is 10.2. The average molecular weight is 261 g/mol. The van der Waals surface area contributed by atoms with Crippen molar-refractivity contribution in [3.8, 4) is 11.4 Å². The van der Waals surface area contributed by atoms with Gasteiger partial charge in [0.05, 0.1) is 11.0 Å². The Balaban J connectivity index is 2.40. The van der Waals surface area contributed by atoms with E-state index < -0.39 is 16.5 Å². The number of nitrogens with zero attached hydrogens (tertiary/aromatic N) is 3. The maximum Gasteiger partial charge on any atom is 0.274 e. The standard InChI is InChI=1S/C11H11N5O3/c1-6(12)9-11(17)13-10(15-14-9)7-2-4-8(5-3-7)16(18)19/h2-6H,12H2,1H3,(H,13,15,17). The number of hydrogen-bond donors (Lipinski definition) is 2. The summed E-state index contributed by atoms with van der Waals surface area (Å²) in [6.45, 7) is 1.63. The van der Waals surface area contributed by atoms with Crippen LogP contribution in [0.1, 0.15) is 18.7 Å². The molecule has 2 rings (SSSR count). The number of rotatable bonds is 3. The first-order valence-electron chi connectivity index (χ1n) is 5.46. The molecule has 1 atom stereocenters. The van der Waals surface area contributed by atoms with Crippen LogP contribution in [0.15, 0.2) is 29.1 Å². The van der Waals surface area contributed by atoms with Crippen LogP contribution in [-0.4, -0.2) is 20.1 Å². The number of nitrogens with one attached hydrogen (secondary N) is 1. The number of nitro benzene ring substituents is 1. The Morgan fingerprint density at radius 2 is 1.95 bits per heavy atom. The van der Waals surface area contributed by atoms with Gasteiger partial charge in [0.1, 0.15) is 5.69 Å². The number of benzene rings is 1. The molecule has 19 heavy (non-hydrogen) atoms. The Kier molecular flexibility index (Phi) is 3.34. The number of aromatic amines is 1. The minimum Gasteiger partial charge on any atom is -0.323 e. The fraction of sp³-hybridized carbons (Fsp3) is 0.182. The molecule has 0 saturated heterocycles. The predicted octanol–water partition coefficient (Wildman–Crippen LogP) is 0.760. The molecule has 0 fully saturated rings. The second-order valence-corrected chi connectivity index (χ2v) is 3.98. The fourth-order valence-electron chi connectivity index (χ4n) is 1.51. The normalized spacial score (nSPS) is 12.1. The Morgan fingerprint density at radius 1 is 1.32 bits per heavy atom. The van der Waals surface area contributed by atoms with Crippen molar-refractivity contribution in [2.24, 2.45) is 5.73 Å². The quantitative estimate of drug-likeness (QED) is 0.620. The smallest absolute Gasteiger partial charge is 0.274 e. The van der Waals surface area contributed by atoms with E-state index in [4.69, 9.17) is 5.73 Å². The first kappa shape index (κ1) is 12.8. The third kappa shape index (κ3) is 2.63. The predicted molar refractivity (Wildman–Crippen MR) is 67.3 cm³/mol. The van der Waals surface area contributed by atoms with Crippen molar-refractivity contribution < 1.29 is 4.92 Å². The van der Waals surface area contributed by atoms with Gasteiger partial charge in [0, 0.05) is 17.7 Å². The molecule has 8 nitrogen and oxygen atoms in total. The van der Waals surface area contributed by atoms with Crippen LogP contribution in [0.4, 0.5) is 5.69 Å². The van der Waals surface area contributed by atoms with Crippen molar-refractivity contribution in [1.29, 1.82) is 0 Å². The summed E-state index contributed by atoms with van der Waals surface area (Å²) in [6, 6.07) is 5.12. The zero-order valence-corrected chi connectivity index (χ0v) is 10.0. The van der Waals surface area contributed by atoms with Gasteiger partial charge in [-0.05, 0) is 19.1 Å². The van der Waals surface area contributed by atoms with Crippen LogP contribution in [-0.2, 0) is 0 Å². The van der Waals surface area contributed by atoms with Crippen molar-refractivity contribution in [1.82, 2.24) is 15.2 Å². The summed E-state index contributed by atoms with van der Waals surface area (Å²) in [6.07, 6.45) is 0. The lowest BCUT2D eigenvalue weighted by Crippen LogP contribution is -2.23. The van der Waals surface area contributed by atoms with Gasteiger partial charge in [-0.2, -0.15) is 0 Å². The number of nitro groups is 1. The summed E-state index contributed by atoms with van der Waals surface area (Å²) in [5.41, 5.74) is 5.78. The third-order valence-electron chi connectivity index (χ3n) is 2.51. The molecule has 0 radical (unpaired) electrons. The highest BCUT2D eigenvalue weighted by Gasteiger charge is 2.11. The highest BCUT2D eigenvalue weighted by Crippen LogP contribution is 2.18. The zero-order chi connectivity index (χ0) is 14.0. The summed E-state index contributed by atoms with van der Waals surface area (Å²) in [5, 5.41) is 18.1. The van der Waals surface area contributed by atoms with Crippen LogP contribution in [0.25, 0.3) is 11.4 Å². The van der Waals surface area contributed by atoms with Gasteiger partial charge in [-0.3, -0.25) is 14.9 Å². The summed E-state index contributed by atoms with van der Waals surface area (Å²) < 4.78 is 0. The first-order valence-corrected chi connectivity index (χ1v) is 5.46. The Morgan fingerprint density at radius 3 is 2.42 bits per heavy atom. The van der Waals surface area contributed by atoms with E-state index in [2.05, 4.69) is 15.2 Å². The van der Waals surface area contributed by atoms with Gasteiger partial charge in [-0.1, -0.05) is 0 Å². The number of aromatic nitrogens is 3. The minimum atomic E-state index is -0.512. The monoisotopic (exact) mass is 261 g/mol. The van der Waals surface area contributed by atoms with E-state index in [-0.39, 0.29) is 17.2 Å². The van der Waals surface area contributed by atoms with Gasteiger partial charge in [-0.25, -0.2) is 0 Å². The van der Waals surface area contributed by atoms with E-state index in [1.807, 2.05) is 0 Å². The number of H-pyrrole nitrogens is 1. The van der Waals surface area contributed by atoms with Gasteiger partial charge in [0.25, 0.3) is 11.2 Å². The summed E-state index contributed by atoms with van der Waals surface area (Å²) in [7, 11) is 0. The number of nitrogens with two attached hydrogens (primary N) is 1. The third-order valence-corrected chi connectivity index (χ3v) is 2.51. The molecule has 2 aromatic rings. The highest BCUT2D eigenvalue weighted by molar-refractivity contribution is 5.56. The van der Waals surface area contributed by atoms with Gasteiger partial charge in [-0.15, -0.1) is 10.2 Å². The SMILES string of the molecule is CC(N)c1nnc(-c2ccc([N+](=O)[O-])cc2)[nH]c1=O. The van der Waals surface area contributed by atoms with E-state index >= 15 is 0 Å². The van der Waals surface area contributed by atoms with Crippen LogP contribution in [0.3, 0.4) is 0 Å². The lowest BCUT2D eigenvalue weighted by Gasteiger charge is -2.04. The highest BCUT2D eigenvalue weighted by atomic mass is 16.6. The second-order valence-electron chi connectivity index (χ2n) is 3.98. The Labute approximate surface area is 107 Å². The summed E-state index contributed by atoms with van der Waals surface area (Å²) in [5.74, 6) is 0.240. The molecular weight excluding hydrogens is 250 g/mol. The minimum absolute atomic E-state index is 0.0359. The Hall–Kier alpha value is -2.61. The maximum atomic E-state index is 11.7.